The highest BCUT2D eigenvalue weighted by Crippen LogP contribution is 2.36. The maximum Gasteiger partial charge on any atom is 0.416 e. The predicted molar refractivity (Wildman–Crippen MR) is 149 cm³/mol. The summed E-state index contributed by atoms with van der Waals surface area (Å²) >= 11 is 0. The lowest BCUT2D eigenvalue weighted by Crippen LogP contribution is -2.49. The number of aliphatic hydroxyl groups excluding tert-OH is 1. The van der Waals surface area contributed by atoms with Crippen LogP contribution in [0, 0.1) is 0 Å². The van der Waals surface area contributed by atoms with Gasteiger partial charge >= 0.3 is 6.18 Å². The number of pyridine rings is 1. The minimum absolute atomic E-state index is 0.0165. The number of rotatable bonds is 6. The van der Waals surface area contributed by atoms with Gasteiger partial charge in [-0.15, -0.1) is 0 Å². The first-order valence-electron chi connectivity index (χ1n) is 13.5. The topological polar surface area (TPSA) is 139 Å². The zero-order valence-corrected chi connectivity index (χ0v) is 23.0. The highest BCUT2D eigenvalue weighted by Gasteiger charge is 2.35. The Labute approximate surface area is 239 Å². The number of nitrogens with one attached hydrogen (secondary N) is 1. The Morgan fingerprint density at radius 3 is 2.57 bits per heavy atom. The summed E-state index contributed by atoms with van der Waals surface area (Å²) in [7, 11) is 0. The van der Waals surface area contributed by atoms with Crippen molar-refractivity contribution in [2.45, 2.75) is 57.3 Å². The van der Waals surface area contributed by atoms with Crippen molar-refractivity contribution in [1.29, 1.82) is 0 Å². The molecule has 1 aliphatic rings. The summed E-state index contributed by atoms with van der Waals surface area (Å²) in [4.78, 5) is 40.3. The van der Waals surface area contributed by atoms with E-state index in [9.17, 15) is 27.9 Å². The number of hydrogen-bond donors (Lipinski definition) is 3. The SMILES string of the molecule is CCC(O)C(=O)N1C[C@H](c2nc(-c3ccc(C(=O)Nc4cc(C(F)(F)F)ccn4)cc3)c3c(N)nccn23)CC[C@@H]1C. The molecule has 1 saturated heterocycles. The Bertz CT molecular complexity index is 1620. The fourth-order valence-corrected chi connectivity index (χ4v) is 5.21. The number of halogens is 3. The van der Waals surface area contributed by atoms with Gasteiger partial charge < -0.3 is 21.1 Å². The Morgan fingerprint density at radius 1 is 1.14 bits per heavy atom. The molecular formula is C29H30F3N7O3. The maximum atomic E-state index is 13.0. The number of nitrogens with zero attached hydrogens (tertiary/aromatic N) is 5. The highest BCUT2D eigenvalue weighted by atomic mass is 19.4. The highest BCUT2D eigenvalue weighted by molar-refractivity contribution is 6.04. The molecule has 1 unspecified atom stereocenters. The number of nitrogen functional groups attached to an aromatic ring is 1. The number of nitrogens with two attached hydrogens (primary N) is 1. The summed E-state index contributed by atoms with van der Waals surface area (Å²) in [5.74, 6) is -0.318. The molecule has 0 aliphatic carbocycles. The molecule has 3 atom stereocenters. The zero-order chi connectivity index (χ0) is 30.2. The Hall–Kier alpha value is -4.52. The van der Waals surface area contributed by atoms with Crippen LogP contribution in [0.25, 0.3) is 16.8 Å². The van der Waals surface area contributed by atoms with Gasteiger partial charge in [-0.05, 0) is 50.5 Å². The number of carbonyl (C=O) groups excluding carboxylic acids is 2. The van der Waals surface area contributed by atoms with Crippen LogP contribution in [0.15, 0.2) is 55.0 Å². The smallest absolute Gasteiger partial charge is 0.383 e. The molecular weight excluding hydrogens is 551 g/mol. The number of alkyl halides is 3. The van der Waals surface area contributed by atoms with Gasteiger partial charge in [0, 0.05) is 48.2 Å². The minimum Gasteiger partial charge on any atom is -0.383 e. The van der Waals surface area contributed by atoms with Crippen LogP contribution in [-0.4, -0.2) is 59.9 Å². The van der Waals surface area contributed by atoms with Crippen molar-refractivity contribution in [3.63, 3.8) is 0 Å². The van der Waals surface area contributed by atoms with Crippen LogP contribution in [0.4, 0.5) is 24.8 Å². The molecule has 1 fully saturated rings. The largest absolute Gasteiger partial charge is 0.416 e. The Morgan fingerprint density at radius 2 is 1.88 bits per heavy atom. The number of piperidine rings is 1. The van der Waals surface area contributed by atoms with Gasteiger partial charge in [0.15, 0.2) is 0 Å². The molecule has 0 radical (unpaired) electrons. The van der Waals surface area contributed by atoms with E-state index in [0.717, 1.165) is 31.2 Å². The Balaban J connectivity index is 1.43. The second-order valence-corrected chi connectivity index (χ2v) is 10.3. The monoisotopic (exact) mass is 581 g/mol. The van der Waals surface area contributed by atoms with E-state index in [-0.39, 0.29) is 35.1 Å². The van der Waals surface area contributed by atoms with E-state index >= 15 is 0 Å². The van der Waals surface area contributed by atoms with E-state index in [4.69, 9.17) is 10.7 Å². The molecule has 4 N–H and O–H groups in total. The lowest BCUT2D eigenvalue weighted by molar-refractivity contribution is -0.144. The number of aliphatic hydroxyl groups is 1. The second kappa shape index (κ2) is 11.4. The molecule has 42 heavy (non-hydrogen) atoms. The van der Waals surface area contributed by atoms with Crippen LogP contribution < -0.4 is 11.1 Å². The minimum atomic E-state index is -4.56. The molecule has 4 aromatic rings. The van der Waals surface area contributed by atoms with Gasteiger partial charge in [-0.25, -0.2) is 15.0 Å². The lowest BCUT2D eigenvalue weighted by Gasteiger charge is -2.38. The zero-order valence-electron chi connectivity index (χ0n) is 23.0. The molecule has 1 aliphatic heterocycles. The van der Waals surface area contributed by atoms with E-state index in [1.54, 1.807) is 36.4 Å². The van der Waals surface area contributed by atoms with E-state index in [1.165, 1.54) is 12.1 Å². The number of imidazole rings is 1. The average molecular weight is 582 g/mol. The number of aromatic nitrogens is 4. The van der Waals surface area contributed by atoms with Crippen molar-refractivity contribution < 1.29 is 27.9 Å². The van der Waals surface area contributed by atoms with Gasteiger partial charge in [-0.3, -0.25) is 14.0 Å². The molecule has 5 rings (SSSR count). The molecule has 2 amide bonds. The third-order valence-corrected chi connectivity index (χ3v) is 7.56. The maximum absolute atomic E-state index is 13.0. The van der Waals surface area contributed by atoms with Crippen molar-refractivity contribution in [3.05, 3.63) is 71.9 Å². The molecule has 220 valence electrons. The van der Waals surface area contributed by atoms with Crippen LogP contribution >= 0.6 is 0 Å². The number of anilines is 2. The third-order valence-electron chi connectivity index (χ3n) is 7.56. The average Bonchev–Trinajstić information content (AvgIpc) is 3.37. The number of amides is 2. The predicted octanol–water partition coefficient (Wildman–Crippen LogP) is 4.51. The first-order valence-corrected chi connectivity index (χ1v) is 13.5. The van der Waals surface area contributed by atoms with Crippen molar-refractivity contribution >= 4 is 29.0 Å². The van der Waals surface area contributed by atoms with Gasteiger partial charge in [-0.1, -0.05) is 19.1 Å². The summed E-state index contributed by atoms with van der Waals surface area (Å²) in [6, 6.07) is 7.98. The lowest BCUT2D eigenvalue weighted by atomic mass is 9.92. The van der Waals surface area contributed by atoms with E-state index in [1.807, 2.05) is 11.3 Å². The van der Waals surface area contributed by atoms with E-state index < -0.39 is 23.8 Å². The van der Waals surface area contributed by atoms with Gasteiger partial charge in [0.05, 0.1) is 5.56 Å². The standard InChI is InChI=1S/C29H30F3N7O3/c1-3-21(40)28(42)39-15-19(5-4-16(39)2)26-37-23(24-25(33)35-12-13-38(24)26)17-6-8-18(9-7-17)27(41)36-22-14-20(10-11-34-22)29(30,31)32/h6-14,16,19,21,40H,3-5,15H2,1-2H3,(H2,33,35)(H,34,36,41)/t16-,19+,21?/m0/s1. The van der Waals surface area contributed by atoms with Crippen LogP contribution in [0.5, 0.6) is 0 Å². The first-order chi connectivity index (χ1) is 20.0. The Kier molecular flexibility index (Phi) is 7.87. The number of carbonyl (C=O) groups is 2. The quantitative estimate of drug-likeness (QED) is 0.305. The number of benzene rings is 1. The first kappa shape index (κ1) is 29.0. The van der Waals surface area contributed by atoms with Gasteiger partial charge in [0.1, 0.15) is 34.8 Å². The summed E-state index contributed by atoms with van der Waals surface area (Å²) in [6.07, 6.45) is 0.532. The fourth-order valence-electron chi connectivity index (χ4n) is 5.21. The molecule has 13 heteroatoms. The molecule has 3 aromatic heterocycles. The molecule has 0 saturated carbocycles. The molecule has 0 bridgehead atoms. The van der Waals surface area contributed by atoms with Crippen molar-refractivity contribution in [1.82, 2.24) is 24.3 Å². The van der Waals surface area contributed by atoms with Crippen molar-refractivity contribution in [2.75, 3.05) is 17.6 Å². The van der Waals surface area contributed by atoms with Crippen molar-refractivity contribution in [3.8, 4) is 11.3 Å². The van der Waals surface area contributed by atoms with Crippen molar-refractivity contribution in [2.24, 2.45) is 0 Å². The summed E-state index contributed by atoms with van der Waals surface area (Å²) in [5.41, 5.74) is 7.32. The molecule has 0 spiro atoms. The van der Waals surface area contributed by atoms with Gasteiger partial charge in [-0.2, -0.15) is 13.2 Å². The molecule has 10 nitrogen and oxygen atoms in total. The van der Waals surface area contributed by atoms with Gasteiger partial charge in [0.25, 0.3) is 11.8 Å². The summed E-state index contributed by atoms with van der Waals surface area (Å²) in [5, 5.41) is 12.6. The van der Waals surface area contributed by atoms with Gasteiger partial charge in [0.2, 0.25) is 0 Å². The molecule has 4 heterocycles. The summed E-state index contributed by atoms with van der Waals surface area (Å²) < 4.78 is 40.9. The van der Waals surface area contributed by atoms with Crippen LogP contribution in [0.1, 0.15) is 60.8 Å². The summed E-state index contributed by atoms with van der Waals surface area (Å²) in [6.45, 7) is 4.12. The fraction of sp³-hybridized carbons (Fsp3) is 0.345. The number of fused-ring (bicyclic) bond motifs is 1. The third kappa shape index (κ3) is 5.64. The van der Waals surface area contributed by atoms with E-state index in [0.29, 0.717) is 35.6 Å². The molecule has 1 aromatic carbocycles. The van der Waals surface area contributed by atoms with E-state index in [2.05, 4.69) is 15.3 Å². The number of hydrogen-bond acceptors (Lipinski definition) is 7. The van der Waals surface area contributed by atoms with Crippen LogP contribution in [-0.2, 0) is 11.0 Å². The normalized spacial score (nSPS) is 18.2. The second-order valence-electron chi connectivity index (χ2n) is 10.3. The van der Waals surface area contributed by atoms with Crippen LogP contribution in [0.3, 0.4) is 0 Å². The number of likely N-dealkylation sites (tertiary alicyclic amines) is 1. The van der Waals surface area contributed by atoms with Crippen LogP contribution in [0.2, 0.25) is 0 Å².